The Hall–Kier alpha value is -3.81. The number of carbonyl (C=O) groups excluding carboxylic acids is 2. The lowest BCUT2D eigenvalue weighted by molar-refractivity contribution is 0.0779. The van der Waals surface area contributed by atoms with Crippen LogP contribution in [0.15, 0.2) is 84.9 Å². The van der Waals surface area contributed by atoms with Crippen LogP contribution in [0, 0.1) is 11.8 Å². The van der Waals surface area contributed by atoms with Gasteiger partial charge in [-0.15, -0.1) is 0 Å². The van der Waals surface area contributed by atoms with Crippen LogP contribution in [-0.2, 0) is 11.3 Å². The van der Waals surface area contributed by atoms with E-state index in [4.69, 9.17) is 9.72 Å². The minimum Gasteiger partial charge on any atom is -0.380 e. The number of aromatic nitrogens is 2. The summed E-state index contributed by atoms with van der Waals surface area (Å²) in [7, 11) is 1.90. The molecule has 7 heteroatoms. The third kappa shape index (κ3) is 8.68. The number of amides is 1. The fourth-order valence-corrected chi connectivity index (χ4v) is 6.31. The third-order valence-corrected chi connectivity index (χ3v) is 9.06. The van der Waals surface area contributed by atoms with E-state index >= 15 is 0 Å². The minimum atomic E-state index is -0.0294. The van der Waals surface area contributed by atoms with Crippen LogP contribution in [0.2, 0.25) is 0 Å². The van der Waals surface area contributed by atoms with Crippen molar-refractivity contribution >= 4 is 22.7 Å². The molecule has 1 saturated heterocycles. The lowest BCUT2D eigenvalue weighted by Crippen LogP contribution is -2.38. The van der Waals surface area contributed by atoms with Gasteiger partial charge in [-0.05, 0) is 81.1 Å². The average molecular weight is 609 g/mol. The normalized spacial score (nSPS) is 15.0. The third-order valence-electron chi connectivity index (χ3n) is 9.06. The molecule has 0 spiro atoms. The predicted molar refractivity (Wildman–Crippen MR) is 181 cm³/mol. The largest absolute Gasteiger partial charge is 0.380 e. The van der Waals surface area contributed by atoms with E-state index in [1.54, 1.807) is 0 Å². The molecule has 1 fully saturated rings. The molecule has 0 bridgehead atoms. The molecule has 1 aliphatic heterocycles. The van der Waals surface area contributed by atoms with Crippen molar-refractivity contribution in [1.29, 1.82) is 0 Å². The fourth-order valence-electron chi connectivity index (χ4n) is 6.31. The highest BCUT2D eigenvalue weighted by molar-refractivity contribution is 5.98. The maximum atomic E-state index is 13.8. The van der Waals surface area contributed by atoms with Gasteiger partial charge in [-0.2, -0.15) is 0 Å². The van der Waals surface area contributed by atoms with Crippen molar-refractivity contribution in [3.63, 3.8) is 0 Å². The molecule has 5 rings (SSSR count). The van der Waals surface area contributed by atoms with E-state index in [2.05, 4.69) is 47.6 Å². The van der Waals surface area contributed by atoms with Gasteiger partial charge in [-0.1, -0.05) is 74.5 Å². The van der Waals surface area contributed by atoms with Crippen molar-refractivity contribution in [2.24, 2.45) is 11.8 Å². The van der Waals surface area contributed by atoms with Crippen LogP contribution >= 0.6 is 0 Å². The first-order valence-corrected chi connectivity index (χ1v) is 16.6. The van der Waals surface area contributed by atoms with Crippen LogP contribution in [-0.4, -0.2) is 77.5 Å². The zero-order valence-corrected chi connectivity index (χ0v) is 27.1. The molecule has 0 saturated carbocycles. The Balaban J connectivity index is 1.18. The molecule has 3 aromatic carbocycles. The number of benzene rings is 3. The van der Waals surface area contributed by atoms with Crippen LogP contribution in [0.25, 0.3) is 11.0 Å². The Kier molecular flexibility index (Phi) is 11.6. The second-order valence-corrected chi connectivity index (χ2v) is 12.8. The number of hydrogen-bond acceptors (Lipinski definition) is 5. The van der Waals surface area contributed by atoms with Gasteiger partial charge in [0.05, 0.1) is 17.6 Å². The minimum absolute atomic E-state index is 0.0294. The highest BCUT2D eigenvalue weighted by Crippen LogP contribution is 2.27. The van der Waals surface area contributed by atoms with Crippen LogP contribution in [0.3, 0.4) is 0 Å². The van der Waals surface area contributed by atoms with E-state index in [0.29, 0.717) is 37.0 Å². The molecule has 45 heavy (non-hydrogen) atoms. The average Bonchev–Trinajstić information content (AvgIpc) is 3.45. The lowest BCUT2D eigenvalue weighted by atomic mass is 9.90. The van der Waals surface area contributed by atoms with Gasteiger partial charge in [0, 0.05) is 44.1 Å². The Labute approximate surface area is 268 Å². The van der Waals surface area contributed by atoms with Crippen LogP contribution < -0.4 is 0 Å². The molecule has 1 amide bonds. The molecule has 0 radical (unpaired) electrons. The van der Waals surface area contributed by atoms with Crippen molar-refractivity contribution in [2.45, 2.75) is 52.0 Å². The lowest BCUT2D eigenvalue weighted by Gasteiger charge is -2.33. The van der Waals surface area contributed by atoms with E-state index in [9.17, 15) is 9.59 Å². The molecule has 1 aromatic heterocycles. The van der Waals surface area contributed by atoms with Gasteiger partial charge in [0.2, 0.25) is 5.78 Å². The number of carbonyl (C=O) groups is 2. The fraction of sp³-hybridized carbons (Fsp3) is 0.447. The number of fused-ring (bicyclic) bond motifs is 1. The van der Waals surface area contributed by atoms with Gasteiger partial charge in [0.1, 0.15) is 0 Å². The molecule has 1 unspecified atom stereocenters. The summed E-state index contributed by atoms with van der Waals surface area (Å²) >= 11 is 0. The summed E-state index contributed by atoms with van der Waals surface area (Å²) in [5, 5.41) is 0. The molecule has 1 atom stereocenters. The molecule has 2 heterocycles. The van der Waals surface area contributed by atoms with Gasteiger partial charge in [0.15, 0.2) is 5.82 Å². The van der Waals surface area contributed by atoms with Crippen molar-refractivity contribution in [1.82, 2.24) is 19.4 Å². The molecule has 1 aliphatic rings. The van der Waals surface area contributed by atoms with Crippen LogP contribution in [0.1, 0.15) is 72.0 Å². The number of Topliss-reactive ketones (excluding diaryl/α,β-unsaturated/α-hetero) is 1. The first-order chi connectivity index (χ1) is 21.9. The van der Waals surface area contributed by atoms with Gasteiger partial charge in [-0.25, -0.2) is 4.98 Å². The number of para-hydroxylation sites is 2. The van der Waals surface area contributed by atoms with Gasteiger partial charge >= 0.3 is 0 Å². The Morgan fingerprint density at radius 3 is 2.24 bits per heavy atom. The number of imidazole rings is 1. The number of hydrogen-bond donors (Lipinski definition) is 0. The summed E-state index contributed by atoms with van der Waals surface area (Å²) in [6.07, 6.45) is 3.63. The first-order valence-electron chi connectivity index (χ1n) is 16.6. The van der Waals surface area contributed by atoms with Crippen LogP contribution in [0.4, 0.5) is 0 Å². The topological polar surface area (TPSA) is 67.7 Å². The molecule has 7 nitrogen and oxygen atoms in total. The summed E-state index contributed by atoms with van der Waals surface area (Å²) in [6.45, 7) is 9.68. The summed E-state index contributed by atoms with van der Waals surface area (Å²) in [4.78, 5) is 36.1. The summed E-state index contributed by atoms with van der Waals surface area (Å²) in [6, 6.07) is 28.0. The van der Waals surface area contributed by atoms with Gasteiger partial charge < -0.3 is 19.1 Å². The number of rotatable bonds is 15. The zero-order chi connectivity index (χ0) is 31.6. The van der Waals surface area contributed by atoms with Crippen molar-refractivity contribution in [3.05, 3.63) is 102 Å². The van der Waals surface area contributed by atoms with Crippen LogP contribution in [0.5, 0.6) is 0 Å². The summed E-state index contributed by atoms with van der Waals surface area (Å²) < 4.78 is 7.98. The smallest absolute Gasteiger partial charge is 0.253 e. The molecular formula is C38H48N4O3. The predicted octanol–water partition coefficient (Wildman–Crippen LogP) is 6.94. The number of piperidine rings is 1. The zero-order valence-electron chi connectivity index (χ0n) is 27.1. The van der Waals surface area contributed by atoms with E-state index in [1.807, 2.05) is 72.6 Å². The maximum absolute atomic E-state index is 13.8. The highest BCUT2D eigenvalue weighted by Gasteiger charge is 2.30. The van der Waals surface area contributed by atoms with Gasteiger partial charge in [-0.3, -0.25) is 9.59 Å². The quantitative estimate of drug-likeness (QED) is 0.108. The monoisotopic (exact) mass is 608 g/mol. The molecule has 4 aromatic rings. The van der Waals surface area contributed by atoms with E-state index in [-0.39, 0.29) is 23.5 Å². The Morgan fingerprint density at radius 1 is 0.867 bits per heavy atom. The SMILES string of the molecule is CC(C)CCOCCn1c(C(=O)C2CCN(CCC(CN(C)C(=O)c3ccccc3)c3ccccc3)CC2)nc2ccccc21. The Morgan fingerprint density at radius 2 is 1.53 bits per heavy atom. The molecule has 0 aliphatic carbocycles. The summed E-state index contributed by atoms with van der Waals surface area (Å²) in [5.41, 5.74) is 3.82. The van der Waals surface area contributed by atoms with E-state index < -0.39 is 0 Å². The number of nitrogens with zero attached hydrogens (tertiary/aromatic N) is 4. The molecule has 238 valence electrons. The number of ketones is 1. The maximum Gasteiger partial charge on any atom is 0.253 e. The molecular weight excluding hydrogens is 560 g/mol. The molecule has 0 N–H and O–H groups in total. The van der Waals surface area contributed by atoms with Crippen molar-refractivity contribution < 1.29 is 14.3 Å². The highest BCUT2D eigenvalue weighted by atomic mass is 16.5. The first kappa shape index (κ1) is 32.6. The second-order valence-electron chi connectivity index (χ2n) is 12.8. The van der Waals surface area contributed by atoms with Gasteiger partial charge in [0.25, 0.3) is 5.91 Å². The Bertz CT molecular complexity index is 1510. The standard InChI is InChI=1S/C38H48N4O3/c1-29(2)21-26-45-27-25-42-35-17-11-10-16-34(35)39-37(42)36(43)31-18-22-41(23-19-31)24-20-33(30-12-6-4-7-13-30)28-40(3)38(44)32-14-8-5-9-15-32/h4-17,29,31,33H,18-28H2,1-3H3. The number of likely N-dealkylation sites (N-methyl/N-ethyl adjacent to an activating group) is 1. The number of ether oxygens (including phenoxy) is 1. The summed E-state index contributed by atoms with van der Waals surface area (Å²) in [5.74, 6) is 1.57. The number of likely N-dealkylation sites (tertiary alicyclic amines) is 1. The van der Waals surface area contributed by atoms with Crippen molar-refractivity contribution in [3.8, 4) is 0 Å². The van der Waals surface area contributed by atoms with E-state index in [0.717, 1.165) is 63.0 Å². The second kappa shape index (κ2) is 16.0. The van der Waals surface area contributed by atoms with E-state index in [1.165, 1.54) is 5.56 Å². The van der Waals surface area contributed by atoms with Crippen molar-refractivity contribution in [2.75, 3.05) is 46.4 Å².